The summed E-state index contributed by atoms with van der Waals surface area (Å²) in [6.07, 6.45) is 0. The predicted molar refractivity (Wildman–Crippen MR) is 110 cm³/mol. The number of morpholine rings is 1. The molecule has 0 radical (unpaired) electrons. The van der Waals surface area contributed by atoms with E-state index in [1.54, 1.807) is 38.1 Å². The fourth-order valence-electron chi connectivity index (χ4n) is 2.87. The van der Waals surface area contributed by atoms with Gasteiger partial charge in [-0.1, -0.05) is 22.0 Å². The fraction of sp³-hybridized carbons (Fsp3) is 0.333. The summed E-state index contributed by atoms with van der Waals surface area (Å²) in [5.74, 6) is 0. The minimum atomic E-state index is -3.85. The van der Waals surface area contributed by atoms with Gasteiger partial charge in [0, 0.05) is 17.6 Å². The Hall–Kier alpha value is -1.46. The van der Waals surface area contributed by atoms with Gasteiger partial charge in [0.05, 0.1) is 28.7 Å². The Kier molecular flexibility index (Phi) is 6.16. The van der Waals surface area contributed by atoms with Crippen molar-refractivity contribution in [2.45, 2.75) is 23.6 Å². The quantitative estimate of drug-likeness (QED) is 0.698. The van der Waals surface area contributed by atoms with Gasteiger partial charge in [0.25, 0.3) is 10.0 Å². The first-order valence-corrected chi connectivity index (χ1v) is 12.3. The first kappa shape index (κ1) is 21.3. The normalized spacial score (nSPS) is 16.1. The van der Waals surface area contributed by atoms with E-state index in [1.807, 2.05) is 0 Å². The number of nitrogens with zero attached hydrogens (tertiary/aromatic N) is 1. The highest BCUT2D eigenvalue weighted by Crippen LogP contribution is 2.27. The lowest BCUT2D eigenvalue weighted by atomic mass is 10.2. The zero-order chi connectivity index (χ0) is 20.5. The van der Waals surface area contributed by atoms with Crippen molar-refractivity contribution in [3.05, 3.63) is 52.0 Å². The van der Waals surface area contributed by atoms with E-state index in [-0.39, 0.29) is 28.6 Å². The standard InChI is InChI=1S/C18H21BrN2O5S2/c1-13-3-4-15(12-18(13)28(24,25)21-7-9-26-10-8-21)20-27(22,23)16-5-6-17(19)14(2)11-16/h3-6,11-12,20H,7-10H2,1-2H3. The smallest absolute Gasteiger partial charge is 0.261 e. The summed E-state index contributed by atoms with van der Waals surface area (Å²) in [5, 5.41) is 0. The van der Waals surface area contributed by atoms with Crippen LogP contribution in [0.5, 0.6) is 0 Å². The number of hydrogen-bond donors (Lipinski definition) is 1. The molecule has 10 heteroatoms. The Morgan fingerprint density at radius 1 is 0.964 bits per heavy atom. The van der Waals surface area contributed by atoms with Crippen molar-refractivity contribution in [3.8, 4) is 0 Å². The summed E-state index contributed by atoms with van der Waals surface area (Å²) in [6, 6.07) is 9.21. The minimum Gasteiger partial charge on any atom is -0.379 e. The molecule has 0 unspecified atom stereocenters. The summed E-state index contributed by atoms with van der Waals surface area (Å²) in [7, 11) is -7.59. The molecule has 1 saturated heterocycles. The van der Waals surface area contributed by atoms with Crippen molar-refractivity contribution >= 4 is 41.7 Å². The maximum Gasteiger partial charge on any atom is 0.261 e. The Balaban J connectivity index is 1.93. The third-order valence-electron chi connectivity index (χ3n) is 4.47. The molecule has 0 amide bonds. The zero-order valence-corrected chi connectivity index (χ0v) is 18.7. The number of anilines is 1. The molecule has 1 heterocycles. The van der Waals surface area contributed by atoms with Crippen LogP contribution in [0.1, 0.15) is 11.1 Å². The van der Waals surface area contributed by atoms with Crippen LogP contribution in [0.15, 0.2) is 50.7 Å². The maximum atomic E-state index is 13.0. The monoisotopic (exact) mass is 488 g/mol. The van der Waals surface area contributed by atoms with E-state index in [0.29, 0.717) is 18.8 Å². The van der Waals surface area contributed by atoms with Crippen LogP contribution >= 0.6 is 15.9 Å². The third kappa shape index (κ3) is 4.41. The van der Waals surface area contributed by atoms with E-state index in [4.69, 9.17) is 4.74 Å². The molecule has 1 N–H and O–H groups in total. The molecule has 2 aromatic rings. The van der Waals surface area contributed by atoms with Gasteiger partial charge < -0.3 is 4.74 Å². The molecule has 1 aliphatic rings. The average Bonchev–Trinajstić information content (AvgIpc) is 2.66. The van der Waals surface area contributed by atoms with Gasteiger partial charge in [0.2, 0.25) is 10.0 Å². The molecule has 152 valence electrons. The lowest BCUT2D eigenvalue weighted by Gasteiger charge is -2.26. The van der Waals surface area contributed by atoms with E-state index in [2.05, 4.69) is 20.7 Å². The molecule has 0 aliphatic carbocycles. The van der Waals surface area contributed by atoms with Crippen LogP contribution in [0.25, 0.3) is 0 Å². The molecular formula is C18H21BrN2O5S2. The number of nitrogens with one attached hydrogen (secondary N) is 1. The van der Waals surface area contributed by atoms with Crippen molar-refractivity contribution in [2.75, 3.05) is 31.0 Å². The zero-order valence-electron chi connectivity index (χ0n) is 15.5. The molecule has 28 heavy (non-hydrogen) atoms. The Morgan fingerprint density at radius 2 is 1.64 bits per heavy atom. The van der Waals surface area contributed by atoms with Gasteiger partial charge in [0.15, 0.2) is 0 Å². The average molecular weight is 489 g/mol. The second-order valence-corrected chi connectivity index (χ2v) is 11.0. The van der Waals surface area contributed by atoms with Crippen LogP contribution in [0, 0.1) is 13.8 Å². The molecule has 0 spiro atoms. The van der Waals surface area contributed by atoms with E-state index in [1.165, 1.54) is 16.4 Å². The lowest BCUT2D eigenvalue weighted by Crippen LogP contribution is -2.40. The topological polar surface area (TPSA) is 92.8 Å². The maximum absolute atomic E-state index is 13.0. The Morgan fingerprint density at radius 3 is 2.29 bits per heavy atom. The van der Waals surface area contributed by atoms with Crippen molar-refractivity contribution in [1.29, 1.82) is 0 Å². The van der Waals surface area contributed by atoms with Crippen molar-refractivity contribution in [1.82, 2.24) is 4.31 Å². The van der Waals surface area contributed by atoms with E-state index in [0.717, 1.165) is 10.0 Å². The van der Waals surface area contributed by atoms with Gasteiger partial charge >= 0.3 is 0 Å². The Bertz CT molecular complexity index is 1090. The largest absolute Gasteiger partial charge is 0.379 e. The predicted octanol–water partition coefficient (Wildman–Crippen LogP) is 2.89. The van der Waals surface area contributed by atoms with Gasteiger partial charge in [-0.3, -0.25) is 4.72 Å². The fourth-order valence-corrected chi connectivity index (χ4v) is 5.91. The van der Waals surface area contributed by atoms with Crippen LogP contribution in [-0.4, -0.2) is 47.4 Å². The molecule has 0 aromatic heterocycles. The van der Waals surface area contributed by atoms with Crippen molar-refractivity contribution in [2.24, 2.45) is 0 Å². The summed E-state index contributed by atoms with van der Waals surface area (Å²) in [4.78, 5) is 0.188. The van der Waals surface area contributed by atoms with Gasteiger partial charge in [0.1, 0.15) is 0 Å². The van der Waals surface area contributed by atoms with Gasteiger partial charge in [-0.05, 0) is 55.3 Å². The second-order valence-electron chi connectivity index (χ2n) is 6.51. The molecule has 1 aliphatic heterocycles. The molecule has 0 atom stereocenters. The molecule has 7 nitrogen and oxygen atoms in total. The number of aryl methyl sites for hydroxylation is 2. The van der Waals surface area contributed by atoms with Crippen LogP contribution in [-0.2, 0) is 24.8 Å². The highest BCUT2D eigenvalue weighted by atomic mass is 79.9. The van der Waals surface area contributed by atoms with Crippen LogP contribution in [0.2, 0.25) is 0 Å². The number of halogens is 1. The van der Waals surface area contributed by atoms with Crippen LogP contribution in [0.3, 0.4) is 0 Å². The van der Waals surface area contributed by atoms with Gasteiger partial charge in [-0.15, -0.1) is 0 Å². The van der Waals surface area contributed by atoms with E-state index in [9.17, 15) is 16.8 Å². The molecule has 0 saturated carbocycles. The first-order valence-electron chi connectivity index (χ1n) is 8.59. The number of ether oxygens (including phenoxy) is 1. The molecule has 1 fully saturated rings. The number of rotatable bonds is 5. The summed E-state index contributed by atoms with van der Waals surface area (Å²) in [5.41, 5.74) is 1.52. The third-order valence-corrected chi connectivity index (χ3v) is 8.78. The van der Waals surface area contributed by atoms with Gasteiger partial charge in [-0.25, -0.2) is 16.8 Å². The minimum absolute atomic E-state index is 0.0848. The van der Waals surface area contributed by atoms with Crippen LogP contribution < -0.4 is 4.72 Å². The number of hydrogen-bond acceptors (Lipinski definition) is 5. The first-order chi connectivity index (χ1) is 13.1. The molecule has 0 bridgehead atoms. The highest BCUT2D eigenvalue weighted by Gasteiger charge is 2.28. The number of sulfonamides is 2. The molecule has 2 aromatic carbocycles. The van der Waals surface area contributed by atoms with Gasteiger partial charge in [-0.2, -0.15) is 4.31 Å². The SMILES string of the molecule is Cc1cc(S(=O)(=O)Nc2ccc(C)c(S(=O)(=O)N3CCOCC3)c2)ccc1Br. The highest BCUT2D eigenvalue weighted by molar-refractivity contribution is 9.10. The lowest BCUT2D eigenvalue weighted by molar-refractivity contribution is 0.0730. The summed E-state index contributed by atoms with van der Waals surface area (Å²) >= 11 is 3.34. The Labute approximate surface area is 173 Å². The summed E-state index contributed by atoms with van der Waals surface area (Å²) < 4.78 is 61.2. The van der Waals surface area contributed by atoms with E-state index < -0.39 is 20.0 Å². The molecular weight excluding hydrogens is 468 g/mol. The summed E-state index contributed by atoms with van der Waals surface area (Å²) in [6.45, 7) is 4.71. The van der Waals surface area contributed by atoms with Crippen LogP contribution in [0.4, 0.5) is 5.69 Å². The van der Waals surface area contributed by atoms with E-state index >= 15 is 0 Å². The number of benzene rings is 2. The van der Waals surface area contributed by atoms with Crippen molar-refractivity contribution in [3.63, 3.8) is 0 Å². The van der Waals surface area contributed by atoms with Crippen molar-refractivity contribution < 1.29 is 21.6 Å². The second kappa shape index (κ2) is 8.11. The molecule has 3 rings (SSSR count).